The monoisotopic (exact) mass is 239 g/mol. The van der Waals surface area contributed by atoms with E-state index in [1.54, 1.807) is 0 Å². The Labute approximate surface area is 104 Å². The summed E-state index contributed by atoms with van der Waals surface area (Å²) in [7, 11) is 0. The van der Waals surface area contributed by atoms with E-state index in [0.29, 0.717) is 5.92 Å². The second-order valence-electron chi connectivity index (χ2n) is 6.07. The van der Waals surface area contributed by atoms with Crippen molar-refractivity contribution < 1.29 is 9.90 Å². The van der Waals surface area contributed by atoms with Crippen molar-refractivity contribution >= 4 is 6.29 Å². The predicted octanol–water partition coefficient (Wildman–Crippen LogP) is 1.84. The average Bonchev–Trinajstić information content (AvgIpc) is 2.79. The largest absolute Gasteiger partial charge is 0.393 e. The van der Waals surface area contributed by atoms with Crippen LogP contribution in [0.25, 0.3) is 0 Å². The van der Waals surface area contributed by atoms with Gasteiger partial charge < -0.3 is 14.8 Å². The first-order chi connectivity index (χ1) is 8.15. The van der Waals surface area contributed by atoms with Crippen molar-refractivity contribution in [3.63, 3.8) is 0 Å². The molecule has 3 nitrogen and oxygen atoms in total. The minimum atomic E-state index is -0.210. The highest BCUT2D eigenvalue weighted by atomic mass is 16.3. The fourth-order valence-electron chi connectivity index (χ4n) is 3.41. The number of hydrogen-bond acceptors (Lipinski definition) is 3. The lowest BCUT2D eigenvalue weighted by Gasteiger charge is -2.35. The maximum atomic E-state index is 11.4. The highest BCUT2D eigenvalue weighted by molar-refractivity contribution is 5.60. The number of likely N-dealkylation sites (tertiary alicyclic amines) is 1. The molecule has 1 saturated heterocycles. The minimum Gasteiger partial charge on any atom is -0.393 e. The third-order valence-electron chi connectivity index (χ3n) is 4.63. The Morgan fingerprint density at radius 1 is 1.41 bits per heavy atom. The first kappa shape index (κ1) is 13.0. The van der Waals surface area contributed by atoms with Crippen LogP contribution >= 0.6 is 0 Å². The van der Waals surface area contributed by atoms with Gasteiger partial charge in [-0.15, -0.1) is 0 Å². The van der Waals surface area contributed by atoms with Gasteiger partial charge in [-0.2, -0.15) is 0 Å². The summed E-state index contributed by atoms with van der Waals surface area (Å²) in [5, 5.41) is 9.60. The van der Waals surface area contributed by atoms with Crippen molar-refractivity contribution in [2.45, 2.75) is 51.6 Å². The summed E-state index contributed by atoms with van der Waals surface area (Å²) >= 11 is 0. The normalized spacial score (nSPS) is 31.3. The predicted molar refractivity (Wildman–Crippen MR) is 67.8 cm³/mol. The topological polar surface area (TPSA) is 40.5 Å². The van der Waals surface area contributed by atoms with Crippen LogP contribution in [0.3, 0.4) is 0 Å². The number of carbonyl (C=O) groups is 1. The molecule has 1 aliphatic carbocycles. The van der Waals surface area contributed by atoms with Crippen LogP contribution in [-0.4, -0.2) is 42.0 Å². The van der Waals surface area contributed by atoms with Crippen molar-refractivity contribution in [3.05, 3.63) is 0 Å². The fraction of sp³-hybridized carbons (Fsp3) is 0.929. The molecule has 1 aliphatic heterocycles. The van der Waals surface area contributed by atoms with Crippen LogP contribution in [0.1, 0.15) is 45.4 Å². The number of aldehydes is 1. The first-order valence-electron chi connectivity index (χ1n) is 7.02. The molecule has 0 aromatic rings. The smallest absolute Gasteiger partial charge is 0.127 e. The number of aliphatic hydroxyl groups is 1. The van der Waals surface area contributed by atoms with Crippen LogP contribution in [0, 0.1) is 11.3 Å². The van der Waals surface area contributed by atoms with Crippen LogP contribution in [-0.2, 0) is 4.79 Å². The van der Waals surface area contributed by atoms with E-state index in [1.165, 1.54) is 25.5 Å². The lowest BCUT2D eigenvalue weighted by Crippen LogP contribution is -2.39. The van der Waals surface area contributed by atoms with Gasteiger partial charge in [-0.05, 0) is 38.6 Å². The Kier molecular flexibility index (Phi) is 4.21. The molecule has 2 fully saturated rings. The molecular formula is C14H25NO2. The van der Waals surface area contributed by atoms with Gasteiger partial charge in [-0.3, -0.25) is 0 Å². The van der Waals surface area contributed by atoms with Gasteiger partial charge >= 0.3 is 0 Å². The molecule has 0 amide bonds. The van der Waals surface area contributed by atoms with Crippen LogP contribution in [0.4, 0.5) is 0 Å². The summed E-state index contributed by atoms with van der Waals surface area (Å²) in [5.41, 5.74) is -0.0775. The molecule has 98 valence electrons. The average molecular weight is 239 g/mol. The van der Waals surface area contributed by atoms with E-state index < -0.39 is 0 Å². The molecule has 17 heavy (non-hydrogen) atoms. The minimum absolute atomic E-state index is 0.0775. The van der Waals surface area contributed by atoms with E-state index >= 15 is 0 Å². The van der Waals surface area contributed by atoms with E-state index in [1.807, 2.05) is 6.92 Å². The molecule has 1 N–H and O–H groups in total. The van der Waals surface area contributed by atoms with Gasteiger partial charge in [-0.25, -0.2) is 0 Å². The Hall–Kier alpha value is -0.410. The SMILES string of the molecule is CC(O)C1CCN(CC2(C=O)CCCCC2)C1. The third-order valence-corrected chi connectivity index (χ3v) is 4.63. The van der Waals surface area contributed by atoms with Crippen molar-refractivity contribution in [1.29, 1.82) is 0 Å². The summed E-state index contributed by atoms with van der Waals surface area (Å²) in [6.45, 7) is 4.81. The van der Waals surface area contributed by atoms with Crippen molar-refractivity contribution in [3.8, 4) is 0 Å². The maximum absolute atomic E-state index is 11.4. The molecule has 0 aromatic heterocycles. The lowest BCUT2D eigenvalue weighted by molar-refractivity contribution is -0.119. The van der Waals surface area contributed by atoms with Gasteiger partial charge in [0.05, 0.1) is 6.10 Å². The molecule has 0 spiro atoms. The molecule has 0 bridgehead atoms. The highest BCUT2D eigenvalue weighted by Gasteiger charge is 2.36. The van der Waals surface area contributed by atoms with Crippen molar-refractivity contribution in [2.75, 3.05) is 19.6 Å². The lowest BCUT2D eigenvalue weighted by atomic mass is 9.75. The molecule has 0 aromatic carbocycles. The number of rotatable bonds is 4. The number of nitrogens with zero attached hydrogens (tertiary/aromatic N) is 1. The molecule has 1 saturated carbocycles. The summed E-state index contributed by atoms with van der Waals surface area (Å²) in [6.07, 6.45) is 7.89. The quantitative estimate of drug-likeness (QED) is 0.761. The molecule has 1 heterocycles. The standard InChI is InChI=1S/C14H25NO2/c1-12(17)13-5-8-15(9-13)10-14(11-16)6-3-2-4-7-14/h11-13,17H,2-10H2,1H3. The summed E-state index contributed by atoms with van der Waals surface area (Å²) < 4.78 is 0. The Balaban J connectivity index is 1.89. The Bertz CT molecular complexity index is 259. The van der Waals surface area contributed by atoms with E-state index in [2.05, 4.69) is 4.90 Å². The van der Waals surface area contributed by atoms with E-state index in [-0.39, 0.29) is 11.5 Å². The van der Waals surface area contributed by atoms with Crippen LogP contribution < -0.4 is 0 Å². The van der Waals surface area contributed by atoms with Crippen molar-refractivity contribution in [2.24, 2.45) is 11.3 Å². The zero-order chi connectivity index (χ0) is 12.3. The number of aliphatic hydroxyl groups excluding tert-OH is 1. The van der Waals surface area contributed by atoms with Gasteiger partial charge in [0.1, 0.15) is 6.29 Å². The second kappa shape index (κ2) is 5.49. The van der Waals surface area contributed by atoms with Crippen LogP contribution in [0.15, 0.2) is 0 Å². The molecule has 2 rings (SSSR count). The number of carbonyl (C=O) groups excluding carboxylic acids is 1. The van der Waals surface area contributed by atoms with Gasteiger partial charge in [0.15, 0.2) is 0 Å². The molecule has 0 radical (unpaired) electrons. The third kappa shape index (κ3) is 3.08. The van der Waals surface area contributed by atoms with Crippen LogP contribution in [0.2, 0.25) is 0 Å². The molecule has 2 unspecified atom stereocenters. The van der Waals surface area contributed by atoms with E-state index in [0.717, 1.165) is 38.9 Å². The maximum Gasteiger partial charge on any atom is 0.127 e. The van der Waals surface area contributed by atoms with Crippen molar-refractivity contribution in [1.82, 2.24) is 4.90 Å². The van der Waals surface area contributed by atoms with E-state index in [4.69, 9.17) is 0 Å². The van der Waals surface area contributed by atoms with Gasteiger partial charge in [0, 0.05) is 18.5 Å². The fourth-order valence-corrected chi connectivity index (χ4v) is 3.41. The van der Waals surface area contributed by atoms with Gasteiger partial charge in [0.2, 0.25) is 0 Å². The van der Waals surface area contributed by atoms with E-state index in [9.17, 15) is 9.90 Å². The van der Waals surface area contributed by atoms with Crippen LogP contribution in [0.5, 0.6) is 0 Å². The summed E-state index contributed by atoms with van der Waals surface area (Å²) in [5.74, 6) is 0.405. The second-order valence-corrected chi connectivity index (χ2v) is 6.07. The Morgan fingerprint density at radius 3 is 2.65 bits per heavy atom. The molecule has 2 aliphatic rings. The zero-order valence-electron chi connectivity index (χ0n) is 10.9. The molecule has 3 heteroatoms. The Morgan fingerprint density at radius 2 is 2.12 bits per heavy atom. The number of hydrogen-bond donors (Lipinski definition) is 1. The van der Waals surface area contributed by atoms with Gasteiger partial charge in [0.25, 0.3) is 0 Å². The highest BCUT2D eigenvalue weighted by Crippen LogP contribution is 2.36. The first-order valence-corrected chi connectivity index (χ1v) is 7.02. The summed E-state index contributed by atoms with van der Waals surface area (Å²) in [6, 6.07) is 0. The molecule has 2 atom stereocenters. The zero-order valence-corrected chi connectivity index (χ0v) is 10.9. The molecular weight excluding hydrogens is 214 g/mol. The summed E-state index contributed by atoms with van der Waals surface area (Å²) in [4.78, 5) is 13.8. The van der Waals surface area contributed by atoms with Gasteiger partial charge in [-0.1, -0.05) is 19.3 Å².